The molecule has 0 atom stereocenters. The van der Waals surface area contributed by atoms with E-state index in [1.165, 1.54) is 31.2 Å². The van der Waals surface area contributed by atoms with Crippen molar-refractivity contribution >= 4 is 31.9 Å². The summed E-state index contributed by atoms with van der Waals surface area (Å²) in [4.78, 5) is 35.4. The molecule has 0 radical (unpaired) electrons. The van der Waals surface area contributed by atoms with E-state index < -0.39 is 31.9 Å². The Morgan fingerprint density at radius 3 is 1.43 bits per heavy atom. The molecule has 2 amide bonds. The van der Waals surface area contributed by atoms with Gasteiger partial charge in [-0.3, -0.25) is 9.97 Å². The van der Waals surface area contributed by atoms with Gasteiger partial charge in [-0.25, -0.2) is 21.8 Å². The van der Waals surface area contributed by atoms with Gasteiger partial charge in [-0.15, -0.1) is 0 Å². The number of rotatable bonds is 3. The number of sulfonamides is 2. The average Bonchev–Trinajstić information content (AvgIpc) is 3.82. The first-order valence-corrected chi connectivity index (χ1v) is 17.3. The Morgan fingerprint density at radius 2 is 1.06 bits per heavy atom. The fourth-order valence-electron chi connectivity index (χ4n) is 4.56. The van der Waals surface area contributed by atoms with Crippen molar-refractivity contribution in [1.82, 2.24) is 15.0 Å². The number of hydrogen-bond donors (Lipinski definition) is 0. The van der Waals surface area contributed by atoms with Crippen LogP contribution >= 0.6 is 0 Å². The van der Waals surface area contributed by atoms with E-state index in [9.17, 15) is 26.4 Å². The maximum Gasteiger partial charge on any atom is 2.00 e. The van der Waals surface area contributed by atoms with Crippen LogP contribution in [0.2, 0.25) is 0 Å². The van der Waals surface area contributed by atoms with Gasteiger partial charge in [0.05, 0.1) is 56.7 Å². The zero-order valence-corrected chi connectivity index (χ0v) is 29.7. The molecule has 0 saturated heterocycles. The Labute approximate surface area is 306 Å². The molecule has 2 aromatic carbocycles. The van der Waals surface area contributed by atoms with E-state index in [4.69, 9.17) is 14.7 Å². The third-order valence-corrected chi connectivity index (χ3v) is 9.32. The molecule has 16 heteroatoms. The summed E-state index contributed by atoms with van der Waals surface area (Å²) in [5.41, 5.74) is 4.50. The third kappa shape index (κ3) is 9.03. The van der Waals surface area contributed by atoms with E-state index in [0.717, 1.165) is 34.1 Å². The quantitative estimate of drug-likeness (QED) is 0.170. The minimum Gasteiger partial charge on any atom is -0.537 e. The van der Waals surface area contributed by atoms with Gasteiger partial charge in [0.25, 0.3) is 0 Å². The maximum atomic E-state index is 11.1. The van der Waals surface area contributed by atoms with Crippen molar-refractivity contribution < 1.29 is 50.3 Å². The minimum atomic E-state index is -3.68. The molecule has 0 spiro atoms. The summed E-state index contributed by atoms with van der Waals surface area (Å²) >= 11 is 0. The molecule has 2 aliphatic rings. The van der Waals surface area contributed by atoms with Crippen molar-refractivity contribution in [1.29, 1.82) is 5.26 Å². The first-order valence-electron chi connectivity index (χ1n) is 14.5. The van der Waals surface area contributed by atoms with E-state index >= 15 is 0 Å². The van der Waals surface area contributed by atoms with Crippen LogP contribution < -0.4 is 0 Å². The largest absolute Gasteiger partial charge is 2.00 e. The van der Waals surface area contributed by atoms with Gasteiger partial charge in [0.1, 0.15) is 25.8 Å². The smallest absolute Gasteiger partial charge is 0.537 e. The first kappa shape index (κ1) is 37.9. The fourth-order valence-corrected chi connectivity index (χ4v) is 6.76. The molecule has 13 nitrogen and oxygen atoms in total. The molecule has 2 aliphatic heterocycles. The van der Waals surface area contributed by atoms with E-state index in [0.29, 0.717) is 0 Å². The molecule has 0 saturated carbocycles. The summed E-state index contributed by atoms with van der Waals surface area (Å²) in [7, 11) is -7.36. The number of carbonyl (C=O) groups is 2. The number of aromatic nitrogens is 3. The predicted molar refractivity (Wildman–Crippen MR) is 182 cm³/mol. The Hall–Kier alpha value is -5.88. The molecule has 0 bridgehead atoms. The van der Waals surface area contributed by atoms with Crippen LogP contribution in [-0.2, 0) is 39.5 Å². The molecule has 4 aromatic heterocycles. The van der Waals surface area contributed by atoms with E-state index in [2.05, 4.69) is 19.4 Å². The van der Waals surface area contributed by atoms with Crippen molar-refractivity contribution in [3.8, 4) is 40.2 Å². The van der Waals surface area contributed by atoms with Gasteiger partial charge in [-0.1, -0.05) is 48.5 Å². The summed E-state index contributed by atoms with van der Waals surface area (Å²) in [5, 5.41) is 7.32. The number of amides is 2. The van der Waals surface area contributed by atoms with Gasteiger partial charge in [0.15, 0.2) is 0 Å². The van der Waals surface area contributed by atoms with Crippen LogP contribution in [0.3, 0.4) is 0 Å². The number of benzene rings is 2. The topological polar surface area (TPSA) is 206 Å². The van der Waals surface area contributed by atoms with Crippen LogP contribution in [0.15, 0.2) is 142 Å². The second-order valence-corrected chi connectivity index (χ2v) is 13.1. The van der Waals surface area contributed by atoms with Crippen molar-refractivity contribution in [3.05, 3.63) is 148 Å². The molecule has 256 valence electrons. The first-order chi connectivity index (χ1) is 24.0. The SMILES string of the molecule is CC#N.O=C1[N-]S(=O)(=O)c2ccccc21.O=C1[N-]S(=O)(=O)c2ccccc21.[Ru+2].c1ccc(-c2cc(-c3ccco3)cc(-c3ccccn3)n2)nc1. The number of hydrogen-bond acceptors (Lipinski definition) is 11. The van der Waals surface area contributed by atoms with Crippen molar-refractivity contribution in [2.45, 2.75) is 16.7 Å². The Bertz CT molecular complexity index is 2280. The van der Waals surface area contributed by atoms with Gasteiger partial charge in [0.2, 0.25) is 0 Å². The Morgan fingerprint density at radius 1 is 0.627 bits per heavy atom. The Kier molecular flexibility index (Phi) is 12.4. The molecule has 6 aromatic rings. The van der Waals surface area contributed by atoms with Gasteiger partial charge in [0, 0.05) is 36.0 Å². The zero-order valence-electron chi connectivity index (χ0n) is 26.3. The number of nitrogens with zero attached hydrogens (tertiary/aromatic N) is 6. The van der Waals surface area contributed by atoms with Crippen LogP contribution in [0.5, 0.6) is 0 Å². The van der Waals surface area contributed by atoms with Crippen molar-refractivity contribution in [2.24, 2.45) is 0 Å². The predicted octanol–water partition coefficient (Wildman–Crippen LogP) is 6.80. The number of fused-ring (bicyclic) bond motifs is 2. The molecular formula is C35H24N6O7RuS2. The van der Waals surface area contributed by atoms with E-state index in [-0.39, 0.29) is 40.4 Å². The number of furan rings is 1. The number of pyridine rings is 3. The molecule has 0 unspecified atom stereocenters. The van der Waals surface area contributed by atoms with Crippen molar-refractivity contribution in [3.63, 3.8) is 0 Å². The van der Waals surface area contributed by atoms with Gasteiger partial charge in [-0.05, 0) is 60.7 Å². The molecular weight excluding hydrogens is 782 g/mol. The summed E-state index contributed by atoms with van der Waals surface area (Å²) in [5.74, 6) is -0.557. The average molecular weight is 806 g/mol. The zero-order chi connectivity index (χ0) is 35.7. The maximum absolute atomic E-state index is 11.1. The molecule has 0 fully saturated rings. The van der Waals surface area contributed by atoms with Gasteiger partial charge in [-0.2, -0.15) is 5.26 Å². The summed E-state index contributed by atoms with van der Waals surface area (Å²) < 4.78 is 55.9. The van der Waals surface area contributed by atoms with Crippen LogP contribution in [0.1, 0.15) is 27.6 Å². The number of carbonyl (C=O) groups excluding carboxylic acids is 2. The van der Waals surface area contributed by atoms with Crippen LogP contribution in [0.4, 0.5) is 0 Å². The second kappa shape index (κ2) is 16.7. The molecule has 0 N–H and O–H groups in total. The van der Waals surface area contributed by atoms with Crippen LogP contribution in [0.25, 0.3) is 43.5 Å². The molecule has 6 heterocycles. The molecule has 51 heavy (non-hydrogen) atoms. The summed E-state index contributed by atoms with van der Waals surface area (Å²) in [6.07, 6.45) is 5.19. The van der Waals surface area contributed by atoms with E-state index in [1.807, 2.05) is 60.7 Å². The normalized spacial score (nSPS) is 13.6. The summed E-state index contributed by atoms with van der Waals surface area (Å²) in [6.45, 7) is 1.43. The fraction of sp³-hybridized carbons (Fsp3) is 0.0286. The van der Waals surface area contributed by atoms with Gasteiger partial charge >= 0.3 is 19.5 Å². The van der Waals surface area contributed by atoms with Crippen molar-refractivity contribution in [2.75, 3.05) is 0 Å². The third-order valence-electron chi connectivity index (χ3n) is 6.68. The molecule has 8 rings (SSSR count). The minimum absolute atomic E-state index is 0. The standard InChI is InChI=1S/C19H13N3O.2C7H5NO3S.C2H3N.Ru/c1-3-9-20-15(6-1)17-12-14(19-8-5-11-23-19)13-18(22-17)16-7-2-4-10-21-16;2*9-7-5-3-1-2-4-6(5)12(10,11)8-7;1-2-3;/h1-13H;2*1-4H,(H,8,9);1H3;/q;;;;+2/p-2. The summed E-state index contributed by atoms with van der Waals surface area (Å²) in [6, 6.07) is 33.0. The Balaban J connectivity index is 0.000000177. The van der Waals surface area contributed by atoms with Crippen LogP contribution in [0, 0.1) is 11.3 Å². The van der Waals surface area contributed by atoms with E-state index in [1.54, 1.807) is 49.0 Å². The van der Waals surface area contributed by atoms with Crippen LogP contribution in [-0.4, -0.2) is 43.6 Å². The monoisotopic (exact) mass is 806 g/mol. The second-order valence-electron chi connectivity index (χ2n) is 9.99. The van der Waals surface area contributed by atoms with Gasteiger partial charge < -0.3 is 23.5 Å². The number of nitriles is 1. The molecule has 0 aliphatic carbocycles.